The van der Waals surface area contributed by atoms with E-state index in [1.165, 1.54) is 24.0 Å². The first kappa shape index (κ1) is 16.0. The molecule has 0 spiro atoms. The first-order chi connectivity index (χ1) is 9.76. The second-order valence-electron chi connectivity index (χ2n) is 5.26. The molecule has 0 radical (unpaired) electrons. The molecule has 1 aliphatic rings. The van der Waals surface area contributed by atoms with Gasteiger partial charge in [0, 0.05) is 37.4 Å². The fourth-order valence-corrected chi connectivity index (χ4v) is 2.55. The fraction of sp³-hybridized carbons (Fsp3) is 0.571. The van der Waals surface area contributed by atoms with Gasteiger partial charge in [0.1, 0.15) is 5.82 Å². The highest BCUT2D eigenvalue weighted by atomic mass is 19.4. The van der Waals surface area contributed by atoms with Crippen molar-refractivity contribution in [2.45, 2.75) is 19.2 Å². The molecule has 1 aromatic carbocycles. The van der Waals surface area contributed by atoms with Crippen LogP contribution in [-0.4, -0.2) is 48.9 Å². The van der Waals surface area contributed by atoms with Crippen molar-refractivity contribution in [2.24, 2.45) is 0 Å². The lowest BCUT2D eigenvalue weighted by molar-refractivity contribution is -0.146. The van der Waals surface area contributed by atoms with Crippen molar-refractivity contribution >= 4 is 5.69 Å². The number of nitrogens with zero attached hydrogens (tertiary/aromatic N) is 2. The van der Waals surface area contributed by atoms with Crippen LogP contribution in [0.3, 0.4) is 0 Å². The van der Waals surface area contributed by atoms with Crippen LogP contribution in [0.1, 0.15) is 18.6 Å². The Morgan fingerprint density at radius 3 is 2.33 bits per heavy atom. The number of benzene rings is 1. The van der Waals surface area contributed by atoms with Gasteiger partial charge in [-0.25, -0.2) is 4.39 Å². The Morgan fingerprint density at radius 1 is 1.19 bits per heavy atom. The maximum atomic E-state index is 13.3. The molecule has 0 bridgehead atoms. The third-order valence-corrected chi connectivity index (χ3v) is 3.56. The summed E-state index contributed by atoms with van der Waals surface area (Å²) in [6, 6.07) is 4.13. The molecule has 0 saturated carbocycles. The van der Waals surface area contributed by atoms with Gasteiger partial charge in [-0.3, -0.25) is 4.90 Å². The molecule has 0 unspecified atom stereocenters. The molecule has 21 heavy (non-hydrogen) atoms. The van der Waals surface area contributed by atoms with Gasteiger partial charge in [0.15, 0.2) is 0 Å². The van der Waals surface area contributed by atoms with E-state index in [1.54, 1.807) is 6.07 Å². The third kappa shape index (κ3) is 4.31. The molecule has 1 N–H and O–H groups in total. The first-order valence-corrected chi connectivity index (χ1v) is 6.78. The number of alkyl halides is 3. The van der Waals surface area contributed by atoms with Gasteiger partial charge in [-0.05, 0) is 25.1 Å². The van der Waals surface area contributed by atoms with Gasteiger partial charge in [-0.2, -0.15) is 13.2 Å². The van der Waals surface area contributed by atoms with E-state index in [-0.39, 0.29) is 13.1 Å². The average Bonchev–Trinajstić information content (AvgIpc) is 2.38. The molecular formula is C14H18F4N2O. The Labute approximate surface area is 120 Å². The van der Waals surface area contributed by atoms with E-state index < -0.39 is 24.6 Å². The van der Waals surface area contributed by atoms with Gasteiger partial charge < -0.3 is 10.0 Å². The smallest absolute Gasteiger partial charge is 0.389 e. The van der Waals surface area contributed by atoms with Crippen LogP contribution in [-0.2, 0) is 0 Å². The molecule has 1 atom stereocenters. The van der Waals surface area contributed by atoms with Gasteiger partial charge in [0.2, 0.25) is 0 Å². The van der Waals surface area contributed by atoms with Crippen molar-refractivity contribution in [3.8, 4) is 0 Å². The van der Waals surface area contributed by atoms with Crippen LogP contribution in [0.25, 0.3) is 0 Å². The predicted octanol–water partition coefficient (Wildman–Crippen LogP) is 2.56. The quantitative estimate of drug-likeness (QED) is 0.870. The van der Waals surface area contributed by atoms with Crippen molar-refractivity contribution in [1.82, 2.24) is 4.90 Å². The number of anilines is 1. The monoisotopic (exact) mass is 306 g/mol. The normalized spacial score (nSPS) is 18.9. The first-order valence-electron chi connectivity index (χ1n) is 6.78. The minimum absolute atomic E-state index is 0.288. The fourth-order valence-electron chi connectivity index (χ4n) is 2.55. The minimum atomic E-state index is -4.19. The molecule has 0 aliphatic carbocycles. The lowest BCUT2D eigenvalue weighted by atomic mass is 10.1. The van der Waals surface area contributed by atoms with Gasteiger partial charge >= 0.3 is 6.18 Å². The van der Waals surface area contributed by atoms with E-state index in [0.717, 1.165) is 0 Å². The molecule has 0 amide bonds. The standard InChI is InChI=1S/C14H18F4N2O/c1-10(21)12-8-11(15)2-3-13(12)20-6-4-19(5-7-20)9-14(16,17)18/h2-3,8,10,21H,4-7,9H2,1H3/t10-/m0/s1. The Bertz CT molecular complexity index is 482. The van der Waals surface area contributed by atoms with Crippen molar-refractivity contribution in [1.29, 1.82) is 0 Å². The van der Waals surface area contributed by atoms with Gasteiger partial charge in [0.25, 0.3) is 0 Å². The van der Waals surface area contributed by atoms with E-state index in [4.69, 9.17) is 0 Å². The molecule has 1 aliphatic heterocycles. The predicted molar refractivity (Wildman–Crippen MR) is 71.7 cm³/mol. The van der Waals surface area contributed by atoms with Gasteiger partial charge in [-0.1, -0.05) is 0 Å². The number of halogens is 4. The van der Waals surface area contributed by atoms with Crippen molar-refractivity contribution in [3.63, 3.8) is 0 Å². The zero-order valence-electron chi connectivity index (χ0n) is 11.7. The van der Waals surface area contributed by atoms with Crippen molar-refractivity contribution in [2.75, 3.05) is 37.6 Å². The Balaban J connectivity index is 2.06. The summed E-state index contributed by atoms with van der Waals surface area (Å²) in [6.45, 7) is 2.04. The van der Waals surface area contributed by atoms with Gasteiger partial charge in [0.05, 0.1) is 12.6 Å². The number of rotatable bonds is 3. The summed E-state index contributed by atoms with van der Waals surface area (Å²) in [7, 11) is 0. The van der Waals surface area contributed by atoms with Gasteiger partial charge in [-0.15, -0.1) is 0 Å². The molecule has 0 aromatic heterocycles. The minimum Gasteiger partial charge on any atom is -0.389 e. The van der Waals surface area contributed by atoms with Crippen LogP contribution in [0.4, 0.5) is 23.2 Å². The van der Waals surface area contributed by atoms with Crippen LogP contribution in [0.5, 0.6) is 0 Å². The third-order valence-electron chi connectivity index (χ3n) is 3.56. The van der Waals surface area contributed by atoms with E-state index in [2.05, 4.69) is 0 Å². The summed E-state index contributed by atoms with van der Waals surface area (Å²) in [6.07, 6.45) is -5.02. The van der Waals surface area contributed by atoms with E-state index in [0.29, 0.717) is 24.3 Å². The van der Waals surface area contributed by atoms with Crippen LogP contribution in [0.2, 0.25) is 0 Å². The molecular weight excluding hydrogens is 288 g/mol. The average molecular weight is 306 g/mol. The number of aliphatic hydroxyl groups excluding tert-OH is 1. The molecule has 7 heteroatoms. The molecule has 118 valence electrons. The second-order valence-corrected chi connectivity index (χ2v) is 5.26. The van der Waals surface area contributed by atoms with Crippen LogP contribution in [0.15, 0.2) is 18.2 Å². The SMILES string of the molecule is C[C@H](O)c1cc(F)ccc1N1CCN(CC(F)(F)F)CC1. The maximum Gasteiger partial charge on any atom is 0.401 e. The number of aliphatic hydroxyl groups is 1. The molecule has 1 aromatic rings. The van der Waals surface area contributed by atoms with E-state index in [9.17, 15) is 22.7 Å². The number of piperazine rings is 1. The maximum absolute atomic E-state index is 13.3. The summed E-state index contributed by atoms with van der Waals surface area (Å²) in [5, 5.41) is 9.71. The summed E-state index contributed by atoms with van der Waals surface area (Å²) in [4.78, 5) is 3.23. The topological polar surface area (TPSA) is 26.7 Å². The highest BCUT2D eigenvalue weighted by Crippen LogP contribution is 2.28. The molecule has 1 saturated heterocycles. The molecule has 1 fully saturated rings. The van der Waals surface area contributed by atoms with E-state index >= 15 is 0 Å². The van der Waals surface area contributed by atoms with E-state index in [1.807, 2.05) is 4.90 Å². The Hall–Kier alpha value is -1.34. The summed E-state index contributed by atoms with van der Waals surface area (Å²) >= 11 is 0. The lowest BCUT2D eigenvalue weighted by Crippen LogP contribution is -2.49. The second kappa shape index (κ2) is 6.19. The van der Waals surface area contributed by atoms with Crippen molar-refractivity contribution < 1.29 is 22.7 Å². The highest BCUT2D eigenvalue weighted by molar-refractivity contribution is 5.55. The zero-order chi connectivity index (χ0) is 15.6. The lowest BCUT2D eigenvalue weighted by Gasteiger charge is -2.37. The number of hydrogen-bond donors (Lipinski definition) is 1. The van der Waals surface area contributed by atoms with Crippen LogP contribution in [0, 0.1) is 5.82 Å². The Morgan fingerprint density at radius 2 is 1.81 bits per heavy atom. The summed E-state index contributed by atoms with van der Waals surface area (Å²) in [5.41, 5.74) is 1.14. The largest absolute Gasteiger partial charge is 0.401 e. The highest BCUT2D eigenvalue weighted by Gasteiger charge is 2.32. The summed E-state index contributed by atoms with van der Waals surface area (Å²) < 4.78 is 50.3. The van der Waals surface area contributed by atoms with Crippen molar-refractivity contribution in [3.05, 3.63) is 29.6 Å². The molecule has 2 rings (SSSR count). The van der Waals surface area contributed by atoms with Crippen LogP contribution < -0.4 is 4.90 Å². The molecule has 3 nitrogen and oxygen atoms in total. The summed E-state index contributed by atoms with van der Waals surface area (Å²) in [5.74, 6) is -0.439. The zero-order valence-corrected chi connectivity index (χ0v) is 11.7. The number of hydrogen-bond acceptors (Lipinski definition) is 3. The van der Waals surface area contributed by atoms with Crippen LogP contribution >= 0.6 is 0 Å². The Kier molecular flexibility index (Phi) is 4.73. The molecule has 1 heterocycles.